The molecule has 5 rings (SSSR count). The molecule has 28 heavy (non-hydrogen) atoms. The molecule has 0 unspecified atom stereocenters. The van der Waals surface area contributed by atoms with Crippen LogP contribution in [0.2, 0.25) is 0 Å². The molecule has 1 fully saturated rings. The van der Waals surface area contributed by atoms with E-state index >= 15 is 0 Å². The molecule has 0 bridgehead atoms. The standard InChI is InChI=1S/C22H21NO5/c1-25-15-5-7-18(26-2)13(9-15)10-20-21(24)16-6-8-19-17(22(16)28-20)11-23(12-27-19)14-3-4-14/h5-10,14H,3-4,11-12H2,1-2H3/b20-10-. The predicted octanol–water partition coefficient (Wildman–Crippen LogP) is 3.63. The first-order valence-electron chi connectivity index (χ1n) is 9.37. The number of ketones is 1. The first-order chi connectivity index (χ1) is 13.7. The van der Waals surface area contributed by atoms with E-state index in [4.69, 9.17) is 18.9 Å². The van der Waals surface area contributed by atoms with Crippen LogP contribution in [0.25, 0.3) is 6.08 Å². The second kappa shape index (κ2) is 6.56. The summed E-state index contributed by atoms with van der Waals surface area (Å²) in [6.45, 7) is 1.33. The summed E-state index contributed by atoms with van der Waals surface area (Å²) >= 11 is 0. The molecule has 0 radical (unpaired) electrons. The van der Waals surface area contributed by atoms with Crippen LogP contribution in [-0.2, 0) is 6.54 Å². The predicted molar refractivity (Wildman–Crippen MR) is 103 cm³/mol. The second-order valence-electron chi connectivity index (χ2n) is 7.22. The average Bonchev–Trinajstić information content (AvgIpc) is 3.53. The van der Waals surface area contributed by atoms with Crippen molar-refractivity contribution in [3.8, 4) is 23.0 Å². The molecule has 144 valence electrons. The van der Waals surface area contributed by atoms with Crippen molar-refractivity contribution in [1.82, 2.24) is 4.90 Å². The van der Waals surface area contributed by atoms with Crippen LogP contribution in [0, 0.1) is 0 Å². The number of carbonyl (C=O) groups excluding carboxylic acids is 1. The van der Waals surface area contributed by atoms with Crippen molar-refractivity contribution in [2.45, 2.75) is 25.4 Å². The van der Waals surface area contributed by atoms with Gasteiger partial charge < -0.3 is 18.9 Å². The Morgan fingerprint density at radius 1 is 1.14 bits per heavy atom. The summed E-state index contributed by atoms with van der Waals surface area (Å²) in [5.41, 5.74) is 2.25. The van der Waals surface area contributed by atoms with Crippen LogP contribution in [0.5, 0.6) is 23.0 Å². The minimum absolute atomic E-state index is 0.133. The van der Waals surface area contributed by atoms with Crippen molar-refractivity contribution in [3.63, 3.8) is 0 Å². The third-order valence-electron chi connectivity index (χ3n) is 5.43. The van der Waals surface area contributed by atoms with E-state index < -0.39 is 0 Å². The van der Waals surface area contributed by atoms with Crippen LogP contribution in [0.15, 0.2) is 36.1 Å². The molecular formula is C22H21NO5. The zero-order valence-corrected chi connectivity index (χ0v) is 15.9. The van der Waals surface area contributed by atoms with Gasteiger partial charge in [0.15, 0.2) is 5.76 Å². The monoisotopic (exact) mass is 379 g/mol. The third kappa shape index (κ3) is 2.81. The Labute approximate surface area is 163 Å². The van der Waals surface area contributed by atoms with Gasteiger partial charge in [-0.05, 0) is 49.2 Å². The highest BCUT2D eigenvalue weighted by Crippen LogP contribution is 2.44. The average molecular weight is 379 g/mol. The van der Waals surface area contributed by atoms with Crippen LogP contribution >= 0.6 is 0 Å². The fourth-order valence-electron chi connectivity index (χ4n) is 3.74. The van der Waals surface area contributed by atoms with Crippen molar-refractivity contribution < 1.29 is 23.7 Å². The maximum Gasteiger partial charge on any atom is 0.231 e. The summed E-state index contributed by atoms with van der Waals surface area (Å²) in [7, 11) is 3.19. The molecule has 6 nitrogen and oxygen atoms in total. The molecule has 0 amide bonds. The summed E-state index contributed by atoms with van der Waals surface area (Å²) in [6.07, 6.45) is 4.11. The largest absolute Gasteiger partial charge is 0.497 e. The Hall–Kier alpha value is -2.99. The minimum Gasteiger partial charge on any atom is -0.497 e. The summed E-state index contributed by atoms with van der Waals surface area (Å²) < 4.78 is 22.6. The quantitative estimate of drug-likeness (QED) is 0.756. The van der Waals surface area contributed by atoms with Crippen molar-refractivity contribution in [2.24, 2.45) is 0 Å². The molecule has 0 spiro atoms. The molecule has 2 heterocycles. The lowest BCUT2D eigenvalue weighted by atomic mass is 10.0. The lowest BCUT2D eigenvalue weighted by Crippen LogP contribution is -2.33. The summed E-state index contributed by atoms with van der Waals surface area (Å²) in [4.78, 5) is 15.2. The molecule has 2 aromatic rings. The Balaban J connectivity index is 1.51. The van der Waals surface area contributed by atoms with E-state index in [1.54, 1.807) is 32.4 Å². The number of allylic oxidation sites excluding steroid dienone is 1. The van der Waals surface area contributed by atoms with Gasteiger partial charge in [-0.3, -0.25) is 9.69 Å². The van der Waals surface area contributed by atoms with Crippen molar-refractivity contribution in [1.29, 1.82) is 0 Å². The number of Topliss-reactive ketones (excluding diaryl/α,β-unsaturated/α-hetero) is 1. The topological polar surface area (TPSA) is 57.2 Å². The zero-order chi connectivity index (χ0) is 19.3. The number of carbonyl (C=O) groups is 1. The molecule has 3 aliphatic rings. The number of rotatable bonds is 4. The minimum atomic E-state index is -0.133. The number of benzene rings is 2. The third-order valence-corrected chi connectivity index (χ3v) is 5.43. The number of nitrogens with zero attached hydrogens (tertiary/aromatic N) is 1. The SMILES string of the molecule is COc1ccc(OC)c(/C=C2\Oc3c(ccc4c3CN(C3CC3)CO4)C2=O)c1. The molecule has 0 atom stereocenters. The highest BCUT2D eigenvalue weighted by atomic mass is 16.5. The van der Waals surface area contributed by atoms with E-state index in [2.05, 4.69) is 4.90 Å². The van der Waals surface area contributed by atoms with Gasteiger partial charge in [-0.25, -0.2) is 0 Å². The maximum atomic E-state index is 12.9. The molecule has 6 heteroatoms. The van der Waals surface area contributed by atoms with E-state index in [1.165, 1.54) is 12.8 Å². The van der Waals surface area contributed by atoms with Crippen LogP contribution in [0.3, 0.4) is 0 Å². The molecule has 1 aliphatic carbocycles. The second-order valence-corrected chi connectivity index (χ2v) is 7.22. The number of fused-ring (bicyclic) bond motifs is 3. The van der Waals surface area contributed by atoms with E-state index in [-0.39, 0.29) is 11.5 Å². The molecule has 1 saturated carbocycles. The van der Waals surface area contributed by atoms with Gasteiger partial charge in [0, 0.05) is 18.2 Å². The van der Waals surface area contributed by atoms with Crippen molar-refractivity contribution in [3.05, 3.63) is 52.8 Å². The van der Waals surface area contributed by atoms with Crippen LogP contribution in [0.4, 0.5) is 0 Å². The van der Waals surface area contributed by atoms with E-state index in [9.17, 15) is 4.79 Å². The Morgan fingerprint density at radius 2 is 2.00 bits per heavy atom. The molecule has 0 N–H and O–H groups in total. The molecule has 2 aromatic carbocycles. The highest BCUT2D eigenvalue weighted by Gasteiger charge is 2.37. The van der Waals surface area contributed by atoms with Crippen molar-refractivity contribution >= 4 is 11.9 Å². The molecule has 0 saturated heterocycles. The van der Waals surface area contributed by atoms with E-state index in [0.29, 0.717) is 35.6 Å². The number of ether oxygens (including phenoxy) is 4. The fourth-order valence-corrected chi connectivity index (χ4v) is 3.74. The normalized spacial score (nSPS) is 19.6. The van der Waals surface area contributed by atoms with Gasteiger partial charge in [-0.1, -0.05) is 0 Å². The van der Waals surface area contributed by atoms with E-state index in [0.717, 1.165) is 23.4 Å². The first-order valence-corrected chi connectivity index (χ1v) is 9.37. The lowest BCUT2D eigenvalue weighted by molar-refractivity contribution is 0.0868. The Morgan fingerprint density at radius 3 is 2.75 bits per heavy atom. The van der Waals surface area contributed by atoms with Crippen LogP contribution in [0.1, 0.15) is 34.3 Å². The smallest absolute Gasteiger partial charge is 0.231 e. The van der Waals surface area contributed by atoms with E-state index in [1.807, 2.05) is 18.2 Å². The van der Waals surface area contributed by atoms with Crippen LogP contribution in [-0.4, -0.2) is 37.7 Å². The number of methoxy groups -OCH3 is 2. The maximum absolute atomic E-state index is 12.9. The Kier molecular flexibility index (Phi) is 4.02. The zero-order valence-electron chi connectivity index (χ0n) is 15.9. The van der Waals surface area contributed by atoms with Crippen LogP contribution < -0.4 is 18.9 Å². The number of hydrogen-bond donors (Lipinski definition) is 0. The summed E-state index contributed by atoms with van der Waals surface area (Å²) in [5.74, 6) is 2.88. The van der Waals surface area contributed by atoms with Gasteiger partial charge in [0.2, 0.25) is 5.78 Å². The Bertz CT molecular complexity index is 993. The van der Waals surface area contributed by atoms with Gasteiger partial charge in [0.1, 0.15) is 29.7 Å². The van der Waals surface area contributed by atoms with Gasteiger partial charge in [0.25, 0.3) is 0 Å². The fraction of sp³-hybridized carbons (Fsp3) is 0.318. The molecule has 2 aliphatic heterocycles. The highest BCUT2D eigenvalue weighted by molar-refractivity contribution is 6.15. The lowest BCUT2D eigenvalue weighted by Gasteiger charge is -2.29. The van der Waals surface area contributed by atoms with Gasteiger partial charge in [-0.2, -0.15) is 0 Å². The first kappa shape index (κ1) is 17.1. The molecular weight excluding hydrogens is 358 g/mol. The number of hydrogen-bond acceptors (Lipinski definition) is 6. The van der Waals surface area contributed by atoms with Gasteiger partial charge in [0.05, 0.1) is 25.3 Å². The van der Waals surface area contributed by atoms with Crippen molar-refractivity contribution in [2.75, 3.05) is 21.0 Å². The molecule has 0 aromatic heterocycles. The summed E-state index contributed by atoms with van der Waals surface area (Å²) in [5, 5.41) is 0. The van der Waals surface area contributed by atoms with Gasteiger partial charge >= 0.3 is 0 Å². The van der Waals surface area contributed by atoms with Gasteiger partial charge in [-0.15, -0.1) is 0 Å². The summed E-state index contributed by atoms with van der Waals surface area (Å²) in [6, 6.07) is 9.67.